The van der Waals surface area contributed by atoms with Gasteiger partial charge < -0.3 is 25.0 Å². The highest BCUT2D eigenvalue weighted by Crippen LogP contribution is 2.18. The standard InChI is InChI=1S/C20H29N3O5/c1-14-16(22-19(26)28-20(2,3)4)10-11-23(14)17(24)12-21-18(25)27-13-15-8-6-5-7-9-15/h5-9,14,16H,10-13H2,1-4H3,(H,21,25)(H,22,26)/t14-,16-/m1/s1. The molecule has 1 aliphatic heterocycles. The summed E-state index contributed by atoms with van der Waals surface area (Å²) < 4.78 is 10.4. The van der Waals surface area contributed by atoms with Crippen LogP contribution in [0.5, 0.6) is 0 Å². The van der Waals surface area contributed by atoms with Gasteiger partial charge in [-0.2, -0.15) is 0 Å². The number of carbonyl (C=O) groups excluding carboxylic acids is 3. The molecule has 1 heterocycles. The van der Waals surface area contributed by atoms with Gasteiger partial charge in [0.15, 0.2) is 0 Å². The van der Waals surface area contributed by atoms with Crippen LogP contribution in [0.15, 0.2) is 30.3 Å². The minimum Gasteiger partial charge on any atom is -0.445 e. The van der Waals surface area contributed by atoms with Crippen LogP contribution in [-0.2, 0) is 20.9 Å². The number of nitrogens with one attached hydrogen (secondary N) is 2. The highest BCUT2D eigenvalue weighted by atomic mass is 16.6. The van der Waals surface area contributed by atoms with E-state index in [2.05, 4.69) is 10.6 Å². The van der Waals surface area contributed by atoms with E-state index in [1.54, 1.807) is 25.7 Å². The lowest BCUT2D eigenvalue weighted by atomic mass is 10.1. The predicted octanol–water partition coefficient (Wildman–Crippen LogP) is 2.43. The molecule has 0 radical (unpaired) electrons. The van der Waals surface area contributed by atoms with Crippen LogP contribution in [0.4, 0.5) is 9.59 Å². The molecule has 1 aliphatic rings. The molecule has 0 aliphatic carbocycles. The van der Waals surface area contributed by atoms with Crippen LogP contribution < -0.4 is 10.6 Å². The molecule has 154 valence electrons. The van der Waals surface area contributed by atoms with Crippen LogP contribution >= 0.6 is 0 Å². The first-order valence-electron chi connectivity index (χ1n) is 9.39. The van der Waals surface area contributed by atoms with E-state index in [9.17, 15) is 14.4 Å². The van der Waals surface area contributed by atoms with Gasteiger partial charge in [-0.1, -0.05) is 30.3 Å². The highest BCUT2D eigenvalue weighted by molar-refractivity contribution is 5.83. The number of likely N-dealkylation sites (tertiary alicyclic amines) is 1. The molecular formula is C20H29N3O5. The molecule has 1 aromatic rings. The Hall–Kier alpha value is -2.77. The van der Waals surface area contributed by atoms with Gasteiger partial charge in [0, 0.05) is 12.6 Å². The third kappa shape index (κ3) is 6.75. The predicted molar refractivity (Wildman–Crippen MR) is 104 cm³/mol. The quantitative estimate of drug-likeness (QED) is 0.803. The Balaban J connectivity index is 1.73. The molecule has 1 saturated heterocycles. The Kier molecular flexibility index (Phi) is 7.25. The summed E-state index contributed by atoms with van der Waals surface area (Å²) in [6.07, 6.45) is -0.515. The molecule has 0 bridgehead atoms. The summed E-state index contributed by atoms with van der Waals surface area (Å²) >= 11 is 0. The van der Waals surface area contributed by atoms with Crippen molar-refractivity contribution >= 4 is 18.1 Å². The summed E-state index contributed by atoms with van der Waals surface area (Å²) in [6.45, 7) is 7.73. The summed E-state index contributed by atoms with van der Waals surface area (Å²) in [4.78, 5) is 37.8. The zero-order chi connectivity index (χ0) is 20.7. The van der Waals surface area contributed by atoms with Gasteiger partial charge in [0.05, 0.1) is 6.04 Å². The third-order valence-electron chi connectivity index (χ3n) is 4.37. The van der Waals surface area contributed by atoms with E-state index in [1.807, 2.05) is 37.3 Å². The molecule has 0 aromatic heterocycles. The smallest absolute Gasteiger partial charge is 0.407 e. The number of rotatable bonds is 5. The van der Waals surface area contributed by atoms with Crippen LogP contribution in [0, 0.1) is 0 Å². The fourth-order valence-electron chi connectivity index (χ4n) is 2.97. The first kappa shape index (κ1) is 21.5. The first-order chi connectivity index (χ1) is 13.2. The number of nitrogens with zero attached hydrogens (tertiary/aromatic N) is 1. The van der Waals surface area contributed by atoms with Gasteiger partial charge in [0.25, 0.3) is 0 Å². The normalized spacial score (nSPS) is 19.1. The minimum absolute atomic E-state index is 0.142. The zero-order valence-electron chi connectivity index (χ0n) is 16.9. The van der Waals surface area contributed by atoms with Gasteiger partial charge in [-0.15, -0.1) is 0 Å². The van der Waals surface area contributed by atoms with Crippen LogP contribution in [0.25, 0.3) is 0 Å². The number of hydrogen-bond donors (Lipinski definition) is 2. The Morgan fingerprint density at radius 3 is 2.46 bits per heavy atom. The van der Waals surface area contributed by atoms with Gasteiger partial charge in [0.2, 0.25) is 5.91 Å². The van der Waals surface area contributed by atoms with Gasteiger partial charge in [-0.3, -0.25) is 4.79 Å². The molecule has 2 atom stereocenters. The van der Waals surface area contributed by atoms with Gasteiger partial charge in [-0.05, 0) is 39.7 Å². The number of carbonyl (C=O) groups is 3. The second kappa shape index (κ2) is 9.43. The van der Waals surface area contributed by atoms with E-state index < -0.39 is 17.8 Å². The molecule has 28 heavy (non-hydrogen) atoms. The lowest BCUT2D eigenvalue weighted by Gasteiger charge is -2.26. The molecule has 2 N–H and O–H groups in total. The maximum atomic E-state index is 12.4. The van der Waals surface area contributed by atoms with E-state index in [4.69, 9.17) is 9.47 Å². The Labute approximate surface area is 165 Å². The minimum atomic E-state index is -0.646. The average Bonchev–Trinajstić information content (AvgIpc) is 2.97. The summed E-state index contributed by atoms with van der Waals surface area (Å²) in [5.41, 5.74) is 0.291. The Bertz CT molecular complexity index is 687. The second-order valence-corrected chi connectivity index (χ2v) is 7.78. The second-order valence-electron chi connectivity index (χ2n) is 7.78. The largest absolute Gasteiger partial charge is 0.445 e. The number of alkyl carbamates (subject to hydrolysis) is 2. The van der Waals surface area contributed by atoms with Gasteiger partial charge in [-0.25, -0.2) is 9.59 Å². The van der Waals surface area contributed by atoms with E-state index in [0.29, 0.717) is 13.0 Å². The van der Waals surface area contributed by atoms with Crippen molar-refractivity contribution in [2.24, 2.45) is 0 Å². The van der Waals surface area contributed by atoms with Crippen LogP contribution in [0.1, 0.15) is 39.7 Å². The van der Waals surface area contributed by atoms with Gasteiger partial charge >= 0.3 is 12.2 Å². The van der Waals surface area contributed by atoms with Crippen LogP contribution in [0.2, 0.25) is 0 Å². The molecule has 2 rings (SSSR count). The van der Waals surface area contributed by atoms with Crippen LogP contribution in [-0.4, -0.2) is 53.8 Å². The number of amides is 3. The molecule has 8 nitrogen and oxygen atoms in total. The van der Waals surface area contributed by atoms with Crippen molar-refractivity contribution in [3.05, 3.63) is 35.9 Å². The SMILES string of the molecule is C[C@@H]1[C@H](NC(=O)OC(C)(C)C)CCN1C(=O)CNC(=O)OCc1ccccc1. The topological polar surface area (TPSA) is 97.0 Å². The van der Waals surface area contributed by atoms with Crippen LogP contribution in [0.3, 0.4) is 0 Å². The number of ether oxygens (including phenoxy) is 2. The van der Waals surface area contributed by atoms with E-state index >= 15 is 0 Å². The molecule has 3 amide bonds. The maximum absolute atomic E-state index is 12.4. The molecule has 1 aromatic carbocycles. The molecular weight excluding hydrogens is 362 g/mol. The summed E-state index contributed by atoms with van der Waals surface area (Å²) in [5.74, 6) is -0.224. The van der Waals surface area contributed by atoms with Crippen molar-refractivity contribution in [3.8, 4) is 0 Å². The lowest BCUT2D eigenvalue weighted by molar-refractivity contribution is -0.130. The molecule has 0 saturated carbocycles. The van der Waals surface area contributed by atoms with E-state index in [0.717, 1.165) is 5.56 Å². The summed E-state index contributed by atoms with van der Waals surface area (Å²) in [6, 6.07) is 8.91. The molecule has 8 heteroatoms. The molecule has 1 fully saturated rings. The number of hydrogen-bond acceptors (Lipinski definition) is 5. The maximum Gasteiger partial charge on any atom is 0.407 e. The molecule has 0 spiro atoms. The summed E-state index contributed by atoms with van der Waals surface area (Å²) in [7, 11) is 0. The monoisotopic (exact) mass is 391 g/mol. The van der Waals surface area contributed by atoms with Gasteiger partial charge in [0.1, 0.15) is 18.8 Å². The Morgan fingerprint density at radius 2 is 1.82 bits per heavy atom. The van der Waals surface area contributed by atoms with Crippen molar-refractivity contribution in [2.45, 2.75) is 58.4 Å². The highest BCUT2D eigenvalue weighted by Gasteiger charge is 2.35. The van der Waals surface area contributed by atoms with Crippen molar-refractivity contribution in [3.63, 3.8) is 0 Å². The van der Waals surface area contributed by atoms with Crippen molar-refractivity contribution in [1.82, 2.24) is 15.5 Å². The van der Waals surface area contributed by atoms with Crippen molar-refractivity contribution in [2.75, 3.05) is 13.1 Å². The number of benzene rings is 1. The fraction of sp³-hybridized carbons (Fsp3) is 0.550. The molecule has 0 unspecified atom stereocenters. The van der Waals surface area contributed by atoms with E-state index in [-0.39, 0.29) is 31.1 Å². The summed E-state index contributed by atoms with van der Waals surface area (Å²) in [5, 5.41) is 5.28. The lowest BCUT2D eigenvalue weighted by Crippen LogP contribution is -2.48. The van der Waals surface area contributed by atoms with E-state index in [1.165, 1.54) is 0 Å². The zero-order valence-corrected chi connectivity index (χ0v) is 16.9. The Morgan fingerprint density at radius 1 is 1.14 bits per heavy atom. The fourth-order valence-corrected chi connectivity index (χ4v) is 2.97. The van der Waals surface area contributed by atoms with Crippen molar-refractivity contribution < 1.29 is 23.9 Å². The third-order valence-corrected chi connectivity index (χ3v) is 4.37. The average molecular weight is 391 g/mol. The first-order valence-corrected chi connectivity index (χ1v) is 9.39. The van der Waals surface area contributed by atoms with Crippen molar-refractivity contribution in [1.29, 1.82) is 0 Å².